The van der Waals surface area contributed by atoms with Gasteiger partial charge in [-0.3, -0.25) is 9.78 Å². The fourth-order valence-electron chi connectivity index (χ4n) is 3.31. The molecule has 1 aromatic carbocycles. The Morgan fingerprint density at radius 2 is 1.81 bits per heavy atom. The van der Waals surface area contributed by atoms with Crippen LogP contribution in [-0.4, -0.2) is 59.6 Å². The van der Waals surface area contributed by atoms with Gasteiger partial charge in [0.15, 0.2) is 0 Å². The Bertz CT molecular complexity index is 1020. The van der Waals surface area contributed by atoms with Crippen molar-refractivity contribution < 1.29 is 14.3 Å². The molecular weight excluding hydrogens is 414 g/mol. The van der Waals surface area contributed by atoms with Gasteiger partial charge in [-0.15, -0.1) is 0 Å². The Balaban J connectivity index is 1.78. The van der Waals surface area contributed by atoms with Crippen LogP contribution in [0.3, 0.4) is 0 Å². The van der Waals surface area contributed by atoms with Gasteiger partial charge in [0.05, 0.1) is 10.6 Å². The van der Waals surface area contributed by atoms with Crippen molar-refractivity contribution in [2.24, 2.45) is 0 Å². The highest BCUT2D eigenvalue weighted by atomic mass is 35.5. The minimum atomic E-state index is -0.507. The maximum absolute atomic E-state index is 12.3. The standard InChI is InChI=1S/C24H28ClN3O3/c1-24(2,3)31-23(30)28-10-8-16(9-11-28)18-12-19(15-26-14-18)17-6-7-20(21(25)13-17)22(29)27(4)5/h6-8,12-15H,9-11H2,1-5H3. The molecule has 0 spiro atoms. The first kappa shape index (κ1) is 22.8. The molecule has 1 aromatic heterocycles. The van der Waals surface area contributed by atoms with E-state index in [0.717, 1.165) is 28.7 Å². The molecule has 0 bridgehead atoms. The minimum Gasteiger partial charge on any atom is -0.444 e. The van der Waals surface area contributed by atoms with Crippen molar-refractivity contribution in [3.8, 4) is 11.1 Å². The van der Waals surface area contributed by atoms with Gasteiger partial charge in [-0.2, -0.15) is 0 Å². The van der Waals surface area contributed by atoms with E-state index in [1.165, 1.54) is 4.90 Å². The third kappa shape index (κ3) is 5.64. The molecule has 0 unspecified atom stereocenters. The molecule has 31 heavy (non-hydrogen) atoms. The van der Waals surface area contributed by atoms with Crippen LogP contribution in [0.4, 0.5) is 4.79 Å². The second-order valence-corrected chi connectivity index (χ2v) is 9.17. The van der Waals surface area contributed by atoms with E-state index in [1.807, 2.05) is 39.1 Å². The molecule has 0 saturated carbocycles. The van der Waals surface area contributed by atoms with Gasteiger partial charge >= 0.3 is 6.09 Å². The third-order valence-electron chi connectivity index (χ3n) is 4.91. The number of pyridine rings is 1. The van der Waals surface area contributed by atoms with Crippen molar-refractivity contribution in [3.05, 3.63) is 58.9 Å². The summed E-state index contributed by atoms with van der Waals surface area (Å²) in [5, 5.41) is 0.409. The minimum absolute atomic E-state index is 0.134. The van der Waals surface area contributed by atoms with E-state index in [1.54, 1.807) is 37.3 Å². The lowest BCUT2D eigenvalue weighted by atomic mass is 9.97. The molecular formula is C24H28ClN3O3. The lowest BCUT2D eigenvalue weighted by Gasteiger charge is -2.29. The largest absolute Gasteiger partial charge is 0.444 e. The zero-order valence-electron chi connectivity index (χ0n) is 18.6. The van der Waals surface area contributed by atoms with Crippen molar-refractivity contribution in [1.29, 1.82) is 0 Å². The van der Waals surface area contributed by atoms with Gasteiger partial charge in [-0.1, -0.05) is 23.7 Å². The van der Waals surface area contributed by atoms with Gasteiger partial charge < -0.3 is 14.5 Å². The quantitative estimate of drug-likeness (QED) is 0.662. The van der Waals surface area contributed by atoms with Crippen molar-refractivity contribution in [2.45, 2.75) is 32.8 Å². The van der Waals surface area contributed by atoms with Crippen LogP contribution in [0.5, 0.6) is 0 Å². The molecule has 3 rings (SSSR count). The first-order chi connectivity index (χ1) is 14.5. The molecule has 2 amide bonds. The van der Waals surface area contributed by atoms with E-state index in [9.17, 15) is 9.59 Å². The Labute approximate surface area is 188 Å². The number of carbonyl (C=O) groups excluding carboxylic acids is 2. The number of hydrogen-bond acceptors (Lipinski definition) is 4. The van der Waals surface area contributed by atoms with Crippen molar-refractivity contribution in [2.75, 3.05) is 27.2 Å². The molecule has 0 saturated heterocycles. The number of carbonyl (C=O) groups is 2. The number of amides is 2. The second-order valence-electron chi connectivity index (χ2n) is 8.76. The number of hydrogen-bond donors (Lipinski definition) is 0. The fourth-order valence-corrected chi connectivity index (χ4v) is 3.57. The molecule has 7 heteroatoms. The molecule has 0 N–H and O–H groups in total. The summed E-state index contributed by atoms with van der Waals surface area (Å²) in [7, 11) is 3.39. The predicted octanol–water partition coefficient (Wildman–Crippen LogP) is 5.13. The highest BCUT2D eigenvalue weighted by Gasteiger charge is 2.24. The summed E-state index contributed by atoms with van der Waals surface area (Å²) in [6.45, 7) is 6.69. The summed E-state index contributed by atoms with van der Waals surface area (Å²) in [6.07, 6.45) is 6.07. The van der Waals surface area contributed by atoms with Crippen LogP contribution in [0, 0.1) is 0 Å². The number of benzene rings is 1. The SMILES string of the molecule is CN(C)C(=O)c1ccc(-c2cncc(C3=CCN(C(=O)OC(C)(C)C)CC3)c2)cc1Cl. The van der Waals surface area contributed by atoms with E-state index < -0.39 is 5.60 Å². The Morgan fingerprint density at radius 1 is 1.10 bits per heavy atom. The summed E-state index contributed by atoms with van der Waals surface area (Å²) < 4.78 is 5.45. The Kier molecular flexibility index (Phi) is 6.70. The molecule has 164 valence electrons. The van der Waals surface area contributed by atoms with Crippen molar-refractivity contribution >= 4 is 29.2 Å². The fraction of sp³-hybridized carbons (Fsp3) is 0.375. The average Bonchev–Trinajstić information content (AvgIpc) is 2.72. The van der Waals surface area contributed by atoms with E-state index >= 15 is 0 Å². The van der Waals surface area contributed by atoms with Crippen molar-refractivity contribution in [1.82, 2.24) is 14.8 Å². The summed E-state index contributed by atoms with van der Waals surface area (Å²) in [6, 6.07) is 7.47. The average molecular weight is 442 g/mol. The van der Waals surface area contributed by atoms with E-state index in [0.29, 0.717) is 23.7 Å². The zero-order chi connectivity index (χ0) is 22.8. The van der Waals surface area contributed by atoms with E-state index in [2.05, 4.69) is 11.1 Å². The van der Waals surface area contributed by atoms with Gasteiger partial charge in [0.1, 0.15) is 5.60 Å². The topological polar surface area (TPSA) is 62.7 Å². The summed E-state index contributed by atoms with van der Waals surface area (Å²) in [4.78, 5) is 32.1. The van der Waals surface area contributed by atoms with Crippen LogP contribution in [0.1, 0.15) is 43.1 Å². The highest BCUT2D eigenvalue weighted by molar-refractivity contribution is 6.34. The summed E-state index contributed by atoms with van der Waals surface area (Å²) in [5.41, 5.74) is 3.91. The van der Waals surface area contributed by atoms with Gasteiger partial charge in [0, 0.05) is 45.1 Å². The van der Waals surface area contributed by atoms with Crippen LogP contribution in [0.15, 0.2) is 42.7 Å². The Morgan fingerprint density at radius 3 is 2.39 bits per heavy atom. The lowest BCUT2D eigenvalue weighted by molar-refractivity contribution is 0.0270. The molecule has 0 fully saturated rings. The monoisotopic (exact) mass is 441 g/mol. The molecule has 1 aliphatic rings. The van der Waals surface area contributed by atoms with Crippen LogP contribution in [0.2, 0.25) is 5.02 Å². The number of halogens is 1. The molecule has 0 atom stereocenters. The number of rotatable bonds is 3. The van der Waals surface area contributed by atoms with Crippen LogP contribution >= 0.6 is 11.6 Å². The van der Waals surface area contributed by atoms with Crippen molar-refractivity contribution in [3.63, 3.8) is 0 Å². The smallest absolute Gasteiger partial charge is 0.410 e. The molecule has 2 heterocycles. The Hall–Kier alpha value is -2.86. The highest BCUT2D eigenvalue weighted by Crippen LogP contribution is 2.29. The van der Waals surface area contributed by atoms with Gasteiger partial charge in [0.2, 0.25) is 0 Å². The summed E-state index contributed by atoms with van der Waals surface area (Å²) >= 11 is 6.37. The molecule has 0 aliphatic carbocycles. The van der Waals surface area contributed by atoms with Gasteiger partial charge in [-0.05, 0) is 62.1 Å². The predicted molar refractivity (Wildman–Crippen MR) is 123 cm³/mol. The van der Waals surface area contributed by atoms with Gasteiger partial charge in [0.25, 0.3) is 5.91 Å². The molecule has 1 aliphatic heterocycles. The first-order valence-corrected chi connectivity index (χ1v) is 10.6. The first-order valence-electron chi connectivity index (χ1n) is 10.2. The third-order valence-corrected chi connectivity index (χ3v) is 5.22. The summed E-state index contributed by atoms with van der Waals surface area (Å²) in [5.74, 6) is -0.134. The normalized spacial score (nSPS) is 14.1. The second kappa shape index (κ2) is 9.10. The number of ether oxygens (including phenoxy) is 1. The lowest BCUT2D eigenvalue weighted by Crippen LogP contribution is -2.39. The van der Waals surface area contributed by atoms with E-state index in [-0.39, 0.29) is 12.0 Å². The van der Waals surface area contributed by atoms with Gasteiger partial charge in [-0.25, -0.2) is 4.79 Å². The zero-order valence-corrected chi connectivity index (χ0v) is 19.4. The molecule has 6 nitrogen and oxygen atoms in total. The molecule has 0 radical (unpaired) electrons. The number of aromatic nitrogens is 1. The maximum atomic E-state index is 12.3. The maximum Gasteiger partial charge on any atom is 0.410 e. The van der Waals surface area contributed by atoms with Crippen LogP contribution < -0.4 is 0 Å². The van der Waals surface area contributed by atoms with Crippen LogP contribution in [-0.2, 0) is 4.74 Å². The van der Waals surface area contributed by atoms with Crippen LogP contribution in [0.25, 0.3) is 16.7 Å². The number of nitrogens with zero attached hydrogens (tertiary/aromatic N) is 3. The van der Waals surface area contributed by atoms with E-state index in [4.69, 9.17) is 16.3 Å². The molecule has 2 aromatic rings.